The van der Waals surface area contributed by atoms with E-state index in [0.29, 0.717) is 13.2 Å². The number of hydrogen-bond donors (Lipinski definition) is 0. The van der Waals surface area contributed by atoms with E-state index in [1.165, 1.54) is 51.4 Å². The maximum atomic E-state index is 12.8. The Bertz CT molecular complexity index is 459. The van der Waals surface area contributed by atoms with Crippen LogP contribution in [-0.4, -0.2) is 33.8 Å². The molecule has 0 saturated carbocycles. The van der Waals surface area contributed by atoms with Gasteiger partial charge in [0.2, 0.25) is 0 Å². The number of ether oxygens (including phenoxy) is 2. The lowest BCUT2D eigenvalue weighted by molar-refractivity contribution is -0.149. The van der Waals surface area contributed by atoms with Gasteiger partial charge in [-0.05, 0) is 63.6 Å². The van der Waals surface area contributed by atoms with Crippen molar-refractivity contribution in [1.29, 1.82) is 0 Å². The van der Waals surface area contributed by atoms with Gasteiger partial charge < -0.3 is 13.9 Å². The Morgan fingerprint density at radius 1 is 0.629 bits per heavy atom. The minimum atomic E-state index is -1.65. The van der Waals surface area contributed by atoms with E-state index in [-0.39, 0.29) is 18.2 Å². The van der Waals surface area contributed by atoms with E-state index in [2.05, 4.69) is 34.6 Å². The Kier molecular flexibility index (Phi) is 23.7. The first-order valence-corrected chi connectivity index (χ1v) is 18.0. The molecule has 0 bridgehead atoms. The molecule has 0 aliphatic rings. The van der Waals surface area contributed by atoms with Crippen molar-refractivity contribution in [1.82, 2.24) is 0 Å². The summed E-state index contributed by atoms with van der Waals surface area (Å²) < 4.78 is 18.2. The molecule has 0 aromatic heterocycles. The zero-order chi connectivity index (χ0) is 26.2. The minimum Gasteiger partial charge on any atom is -0.465 e. The van der Waals surface area contributed by atoms with E-state index < -0.39 is 8.32 Å². The van der Waals surface area contributed by atoms with Gasteiger partial charge in [0.05, 0.1) is 12.5 Å². The second-order valence-electron chi connectivity index (χ2n) is 10.4. The third kappa shape index (κ3) is 17.7. The molecule has 0 fully saturated rings. The molecule has 0 spiro atoms. The minimum absolute atomic E-state index is 0.0511. The van der Waals surface area contributed by atoms with Crippen LogP contribution in [0.3, 0.4) is 0 Å². The van der Waals surface area contributed by atoms with E-state index in [4.69, 9.17) is 13.9 Å². The molecule has 2 unspecified atom stereocenters. The maximum Gasteiger partial charge on any atom is 0.308 e. The average Bonchev–Trinajstić information content (AvgIpc) is 2.87. The molecular weight excluding hydrogens is 452 g/mol. The fourth-order valence-electron chi connectivity index (χ4n) is 4.89. The van der Waals surface area contributed by atoms with Crippen LogP contribution in [0.15, 0.2) is 0 Å². The SMILES string of the molecule is CCCCCCCCC(CCCCCC)C(=O)OCCCCCC(OCC)O[Si](CC)(CC)CC. The monoisotopic (exact) mass is 514 g/mol. The molecule has 0 N–H and O–H groups in total. The van der Waals surface area contributed by atoms with Crippen molar-refractivity contribution >= 4 is 14.3 Å². The summed E-state index contributed by atoms with van der Waals surface area (Å²) in [5.74, 6) is 0.152. The van der Waals surface area contributed by atoms with Crippen LogP contribution in [0.25, 0.3) is 0 Å². The van der Waals surface area contributed by atoms with Crippen LogP contribution >= 0.6 is 0 Å². The van der Waals surface area contributed by atoms with Gasteiger partial charge in [0.1, 0.15) is 6.29 Å². The van der Waals surface area contributed by atoms with Crippen molar-refractivity contribution in [3.8, 4) is 0 Å². The number of unbranched alkanes of at least 4 members (excludes halogenated alkanes) is 10. The van der Waals surface area contributed by atoms with Crippen LogP contribution in [-0.2, 0) is 18.7 Å². The second kappa shape index (κ2) is 24.0. The first-order valence-electron chi connectivity index (χ1n) is 15.5. The standard InChI is InChI=1S/C30H62O4Si/c1-7-13-15-17-18-21-25-28(24-20-16-14-8-2)30(31)33-27-23-19-22-26-29(32-9-3)34-35(10-4,11-5)12-6/h28-29H,7-27H2,1-6H3. The molecular formula is C30H62O4Si. The summed E-state index contributed by atoms with van der Waals surface area (Å²) in [6, 6.07) is 3.45. The molecule has 0 aromatic rings. The first kappa shape index (κ1) is 34.6. The molecule has 210 valence electrons. The largest absolute Gasteiger partial charge is 0.465 e. The molecule has 4 nitrogen and oxygen atoms in total. The van der Waals surface area contributed by atoms with Crippen molar-refractivity contribution in [2.24, 2.45) is 5.92 Å². The smallest absolute Gasteiger partial charge is 0.308 e. The van der Waals surface area contributed by atoms with Gasteiger partial charge in [0.25, 0.3) is 0 Å². The zero-order valence-electron chi connectivity index (χ0n) is 24.6. The third-order valence-electron chi connectivity index (χ3n) is 7.64. The van der Waals surface area contributed by atoms with Crippen molar-refractivity contribution in [3.63, 3.8) is 0 Å². The van der Waals surface area contributed by atoms with Crippen LogP contribution in [0, 0.1) is 5.92 Å². The van der Waals surface area contributed by atoms with Gasteiger partial charge in [-0.15, -0.1) is 0 Å². The highest BCUT2D eigenvalue weighted by atomic mass is 28.4. The van der Waals surface area contributed by atoms with Crippen molar-refractivity contribution < 1.29 is 18.7 Å². The van der Waals surface area contributed by atoms with Gasteiger partial charge in [0, 0.05) is 6.61 Å². The van der Waals surface area contributed by atoms with Crippen LogP contribution in [0.1, 0.15) is 144 Å². The molecule has 0 saturated heterocycles. The summed E-state index contributed by atoms with van der Waals surface area (Å²) in [7, 11) is -1.65. The lowest BCUT2D eigenvalue weighted by atomic mass is 9.94. The van der Waals surface area contributed by atoms with E-state index >= 15 is 0 Å². The topological polar surface area (TPSA) is 44.8 Å². The highest BCUT2D eigenvalue weighted by Gasteiger charge is 2.32. The van der Waals surface area contributed by atoms with Crippen LogP contribution in [0.5, 0.6) is 0 Å². The Labute approximate surface area is 220 Å². The van der Waals surface area contributed by atoms with Gasteiger partial charge in [-0.1, -0.05) is 98.8 Å². The zero-order valence-corrected chi connectivity index (χ0v) is 25.6. The highest BCUT2D eigenvalue weighted by molar-refractivity contribution is 6.73. The van der Waals surface area contributed by atoms with E-state index in [0.717, 1.165) is 69.5 Å². The van der Waals surface area contributed by atoms with E-state index in [1.807, 2.05) is 6.92 Å². The number of rotatable bonds is 26. The van der Waals surface area contributed by atoms with Gasteiger partial charge in [-0.2, -0.15) is 0 Å². The van der Waals surface area contributed by atoms with Crippen LogP contribution in [0.2, 0.25) is 18.1 Å². The Morgan fingerprint density at radius 3 is 1.66 bits per heavy atom. The summed E-state index contributed by atoms with van der Waals surface area (Å²) >= 11 is 0. The quantitative estimate of drug-likeness (QED) is 0.0498. The second-order valence-corrected chi connectivity index (χ2v) is 15.1. The lowest BCUT2D eigenvalue weighted by Gasteiger charge is -2.33. The van der Waals surface area contributed by atoms with Gasteiger partial charge in [-0.25, -0.2) is 0 Å². The summed E-state index contributed by atoms with van der Waals surface area (Å²) in [4.78, 5) is 12.8. The third-order valence-corrected chi connectivity index (χ3v) is 12.3. The van der Waals surface area contributed by atoms with E-state index in [1.54, 1.807) is 0 Å². The lowest BCUT2D eigenvalue weighted by Crippen LogP contribution is -2.40. The molecule has 0 radical (unpaired) electrons. The highest BCUT2D eigenvalue weighted by Crippen LogP contribution is 2.26. The fourth-order valence-corrected chi connectivity index (χ4v) is 7.63. The Morgan fingerprint density at radius 2 is 1.11 bits per heavy atom. The molecule has 0 aromatic carbocycles. The van der Waals surface area contributed by atoms with E-state index in [9.17, 15) is 4.79 Å². The molecule has 0 heterocycles. The summed E-state index contributed by atoms with van der Waals surface area (Å²) in [5, 5.41) is 0. The summed E-state index contributed by atoms with van der Waals surface area (Å²) in [6.45, 7) is 14.6. The summed E-state index contributed by atoms with van der Waals surface area (Å²) in [5.41, 5.74) is 0. The average molecular weight is 515 g/mol. The Hall–Kier alpha value is -0.393. The molecule has 5 heteroatoms. The molecule has 0 aliphatic heterocycles. The molecule has 35 heavy (non-hydrogen) atoms. The normalized spacial score (nSPS) is 13.7. The molecule has 0 amide bonds. The van der Waals surface area contributed by atoms with Crippen LogP contribution in [0.4, 0.5) is 0 Å². The van der Waals surface area contributed by atoms with Crippen molar-refractivity contribution in [2.45, 2.75) is 169 Å². The fraction of sp³-hybridized carbons (Fsp3) is 0.967. The molecule has 0 rings (SSSR count). The van der Waals surface area contributed by atoms with Crippen LogP contribution < -0.4 is 0 Å². The van der Waals surface area contributed by atoms with Gasteiger partial charge >= 0.3 is 5.97 Å². The number of esters is 1. The predicted molar refractivity (Wildman–Crippen MR) is 153 cm³/mol. The first-order chi connectivity index (χ1) is 17.0. The maximum absolute atomic E-state index is 12.8. The van der Waals surface area contributed by atoms with Gasteiger partial charge in [0.15, 0.2) is 8.32 Å². The Balaban J connectivity index is 4.34. The van der Waals surface area contributed by atoms with Crippen molar-refractivity contribution in [3.05, 3.63) is 0 Å². The summed E-state index contributed by atoms with van der Waals surface area (Å²) in [6.07, 6.45) is 18.5. The number of carbonyl (C=O) groups is 1. The van der Waals surface area contributed by atoms with Gasteiger partial charge in [-0.3, -0.25) is 4.79 Å². The molecule has 0 aliphatic carbocycles. The molecule has 2 atom stereocenters. The number of hydrogen-bond acceptors (Lipinski definition) is 4. The number of carbonyl (C=O) groups excluding carboxylic acids is 1. The predicted octanol–water partition coefficient (Wildman–Crippen LogP) is 9.81. The van der Waals surface area contributed by atoms with Crippen molar-refractivity contribution in [2.75, 3.05) is 13.2 Å².